The molecule has 0 N–H and O–H groups in total. The molecule has 4 aromatic rings. The van der Waals surface area contributed by atoms with Gasteiger partial charge in [0.05, 0.1) is 53.9 Å². The van der Waals surface area contributed by atoms with Gasteiger partial charge in [0.1, 0.15) is 11.5 Å². The predicted molar refractivity (Wildman–Crippen MR) is 198 cm³/mol. The number of rotatable bonds is 21. The summed E-state index contributed by atoms with van der Waals surface area (Å²) in [4.78, 5) is 22.3. The van der Waals surface area contributed by atoms with E-state index >= 15 is 0 Å². The van der Waals surface area contributed by atoms with Crippen molar-refractivity contribution in [2.75, 3.05) is 19.8 Å². The number of carbonyl (C=O) groups excluding carboxylic acids is 2. The molecule has 51 heavy (non-hydrogen) atoms. The van der Waals surface area contributed by atoms with Gasteiger partial charge in [-0.15, -0.1) is 0 Å². The van der Waals surface area contributed by atoms with Crippen molar-refractivity contribution >= 4 is 45.9 Å². The third-order valence-electron chi connectivity index (χ3n) is 7.32. The van der Waals surface area contributed by atoms with Gasteiger partial charge < -0.3 is 14.2 Å². The van der Waals surface area contributed by atoms with Gasteiger partial charge in [-0.1, -0.05) is 13.2 Å². The lowest BCUT2D eigenvalue weighted by Crippen LogP contribution is -2.04. The van der Waals surface area contributed by atoms with E-state index in [1.165, 1.54) is 6.08 Å². The predicted octanol–water partition coefficient (Wildman–Crippen LogP) is 11.8. The molecule has 11 nitrogen and oxygen atoms in total. The number of ketones is 1. The van der Waals surface area contributed by atoms with Gasteiger partial charge in [-0.3, -0.25) is 4.79 Å². The molecule has 0 aliphatic rings. The van der Waals surface area contributed by atoms with Crippen LogP contribution < -0.4 is 9.47 Å². The summed E-state index contributed by atoms with van der Waals surface area (Å²) in [7, 11) is 0. The zero-order chi connectivity index (χ0) is 36.1. The first kappa shape index (κ1) is 37.7. The molecule has 262 valence electrons. The van der Waals surface area contributed by atoms with E-state index in [-0.39, 0.29) is 5.78 Å². The molecule has 0 saturated heterocycles. The summed E-state index contributed by atoms with van der Waals surface area (Å²) >= 11 is 0. The van der Waals surface area contributed by atoms with Crippen molar-refractivity contribution in [3.63, 3.8) is 0 Å². The Morgan fingerprint density at radius 1 is 0.549 bits per heavy atom. The molecule has 0 saturated carbocycles. The maximum atomic E-state index is 11.3. The molecule has 0 fully saturated rings. The largest absolute Gasteiger partial charge is 0.494 e. The third kappa shape index (κ3) is 14.1. The van der Waals surface area contributed by atoms with E-state index in [2.05, 4.69) is 43.8 Å². The third-order valence-corrected chi connectivity index (χ3v) is 7.32. The van der Waals surface area contributed by atoms with Crippen molar-refractivity contribution in [1.82, 2.24) is 0 Å². The first-order valence-corrected chi connectivity index (χ1v) is 16.8. The van der Waals surface area contributed by atoms with Crippen LogP contribution in [0.5, 0.6) is 11.5 Å². The van der Waals surface area contributed by atoms with Crippen molar-refractivity contribution in [2.24, 2.45) is 30.7 Å². The highest BCUT2D eigenvalue weighted by molar-refractivity contribution is 5.88. The average molecular weight is 687 g/mol. The van der Waals surface area contributed by atoms with Crippen molar-refractivity contribution in [3.05, 3.63) is 122 Å². The number of allylic oxidation sites excluding steroid dienone is 1. The second-order valence-corrected chi connectivity index (χ2v) is 11.3. The summed E-state index contributed by atoms with van der Waals surface area (Å²) < 4.78 is 16.4. The summed E-state index contributed by atoms with van der Waals surface area (Å²) in [6.45, 7) is 10.3. The average Bonchev–Trinajstić information content (AvgIpc) is 3.16. The SMILES string of the molecule is C=CC(=O)CCCCCOc1ccc(N=Nc2ccc(N=Nc3ccc(N=Nc4ccc(OCCCCOC(=O)C=C)cc4)cc3)c(C)c2)cc1. The topological polar surface area (TPSA) is 136 Å². The van der Waals surface area contributed by atoms with E-state index in [4.69, 9.17) is 14.2 Å². The summed E-state index contributed by atoms with van der Waals surface area (Å²) in [5.74, 6) is 1.17. The van der Waals surface area contributed by atoms with Crippen LogP contribution in [0.25, 0.3) is 0 Å². The molecule has 0 aliphatic carbocycles. The first-order valence-electron chi connectivity index (χ1n) is 16.8. The van der Waals surface area contributed by atoms with E-state index < -0.39 is 5.97 Å². The molecule has 4 aromatic carbocycles. The Morgan fingerprint density at radius 3 is 1.51 bits per heavy atom. The number of nitrogens with zero attached hydrogens (tertiary/aromatic N) is 6. The fraction of sp³-hybridized carbons (Fsp3) is 0.250. The first-order chi connectivity index (χ1) is 24.9. The molecule has 0 aliphatic heterocycles. The summed E-state index contributed by atoms with van der Waals surface area (Å²) in [5, 5.41) is 26.1. The highest BCUT2D eigenvalue weighted by atomic mass is 16.5. The van der Waals surface area contributed by atoms with Gasteiger partial charge in [0.15, 0.2) is 5.78 Å². The quantitative estimate of drug-likeness (QED) is 0.0372. The molecule has 11 heteroatoms. The van der Waals surface area contributed by atoms with Gasteiger partial charge in [-0.05, 0) is 142 Å². The molecule has 0 radical (unpaired) electrons. The highest BCUT2D eigenvalue weighted by Gasteiger charge is 2.02. The molecule has 0 spiro atoms. The van der Waals surface area contributed by atoms with Gasteiger partial charge in [0.2, 0.25) is 0 Å². The Labute approximate surface area is 298 Å². The maximum Gasteiger partial charge on any atom is 0.330 e. The number of benzene rings is 4. The van der Waals surface area contributed by atoms with Gasteiger partial charge in [-0.2, -0.15) is 30.7 Å². The minimum Gasteiger partial charge on any atom is -0.494 e. The van der Waals surface area contributed by atoms with Crippen LogP contribution in [0, 0.1) is 6.92 Å². The van der Waals surface area contributed by atoms with E-state index in [1.54, 1.807) is 0 Å². The molecule has 0 heterocycles. The molecule has 4 rings (SSSR count). The zero-order valence-electron chi connectivity index (χ0n) is 28.8. The number of unbranched alkanes of at least 4 members (excludes halogenated alkanes) is 3. The molecule has 0 unspecified atom stereocenters. The maximum absolute atomic E-state index is 11.3. The highest BCUT2D eigenvalue weighted by Crippen LogP contribution is 2.29. The lowest BCUT2D eigenvalue weighted by Gasteiger charge is -2.06. The van der Waals surface area contributed by atoms with E-state index in [0.29, 0.717) is 61.1 Å². The van der Waals surface area contributed by atoms with Crippen LogP contribution in [0.3, 0.4) is 0 Å². The fourth-order valence-electron chi connectivity index (χ4n) is 4.46. The standard InChI is InChI=1S/C40H42N6O5/c1-4-36(47)11-7-6-8-26-49-37-23-18-34(19-24-37)43-45-35-20-25-39(30(3)29-35)46-44-32-14-12-31(13-15-32)41-42-33-16-21-38(22-17-33)50-27-9-10-28-51-40(48)5-2/h4-5,12-25,29H,1-2,6-11,26-28H2,3H3. The van der Waals surface area contributed by atoms with E-state index in [0.717, 1.165) is 54.5 Å². The van der Waals surface area contributed by atoms with Crippen LogP contribution >= 0.6 is 0 Å². The summed E-state index contributed by atoms with van der Waals surface area (Å²) in [6.07, 6.45) is 7.21. The number of carbonyl (C=O) groups is 2. The number of ether oxygens (including phenoxy) is 3. The Bertz CT molecular complexity index is 1820. The van der Waals surface area contributed by atoms with Gasteiger partial charge >= 0.3 is 5.97 Å². The lowest BCUT2D eigenvalue weighted by molar-refractivity contribution is -0.137. The lowest BCUT2D eigenvalue weighted by atomic mass is 10.1. The van der Waals surface area contributed by atoms with Gasteiger partial charge in [-0.25, -0.2) is 4.79 Å². The van der Waals surface area contributed by atoms with Crippen LogP contribution in [0.4, 0.5) is 34.1 Å². The number of esters is 1. The van der Waals surface area contributed by atoms with Crippen molar-refractivity contribution in [2.45, 2.75) is 45.4 Å². The molecular formula is C40H42N6O5. The molecule has 0 aromatic heterocycles. The number of hydrogen-bond acceptors (Lipinski definition) is 11. The Morgan fingerprint density at radius 2 is 1.00 bits per heavy atom. The minimum absolute atomic E-state index is 0.0840. The van der Waals surface area contributed by atoms with E-state index in [9.17, 15) is 9.59 Å². The Balaban J connectivity index is 1.19. The van der Waals surface area contributed by atoms with Crippen molar-refractivity contribution in [1.29, 1.82) is 0 Å². The Kier molecular flexibility index (Phi) is 15.6. The summed E-state index contributed by atoms with van der Waals surface area (Å²) in [5.41, 5.74) is 5.14. The second-order valence-electron chi connectivity index (χ2n) is 11.3. The minimum atomic E-state index is -0.414. The van der Waals surface area contributed by atoms with Crippen LogP contribution in [0.2, 0.25) is 0 Å². The number of aryl methyl sites for hydroxylation is 1. The van der Waals surface area contributed by atoms with E-state index in [1.807, 2.05) is 97.9 Å². The zero-order valence-corrected chi connectivity index (χ0v) is 28.8. The van der Waals surface area contributed by atoms with Crippen LogP contribution in [-0.2, 0) is 14.3 Å². The molecule has 0 bridgehead atoms. The van der Waals surface area contributed by atoms with Crippen LogP contribution in [0.1, 0.15) is 44.1 Å². The van der Waals surface area contributed by atoms with Crippen LogP contribution in [0.15, 0.2) is 147 Å². The van der Waals surface area contributed by atoms with Gasteiger partial charge in [0.25, 0.3) is 0 Å². The normalized spacial score (nSPS) is 11.2. The molecule has 0 atom stereocenters. The van der Waals surface area contributed by atoms with Crippen molar-refractivity contribution in [3.8, 4) is 11.5 Å². The summed E-state index contributed by atoms with van der Waals surface area (Å²) in [6, 6.07) is 27.7. The number of hydrogen-bond donors (Lipinski definition) is 0. The van der Waals surface area contributed by atoms with Crippen LogP contribution in [-0.4, -0.2) is 31.6 Å². The molecule has 0 amide bonds. The fourth-order valence-corrected chi connectivity index (χ4v) is 4.46. The van der Waals surface area contributed by atoms with Crippen molar-refractivity contribution < 1.29 is 23.8 Å². The molecular weight excluding hydrogens is 644 g/mol. The smallest absolute Gasteiger partial charge is 0.330 e. The second kappa shape index (κ2) is 21.1. The Hall–Kier alpha value is -6.10. The van der Waals surface area contributed by atoms with Gasteiger partial charge in [0, 0.05) is 12.5 Å². The monoisotopic (exact) mass is 686 g/mol. The number of azo groups is 3.